The summed E-state index contributed by atoms with van der Waals surface area (Å²) in [5, 5.41) is 2.69. The molecule has 0 aliphatic carbocycles. The van der Waals surface area contributed by atoms with Gasteiger partial charge in [-0.1, -0.05) is 18.2 Å². The number of rotatable bonds is 4. The summed E-state index contributed by atoms with van der Waals surface area (Å²) in [6, 6.07) is 8.38. The van der Waals surface area contributed by atoms with Crippen LogP contribution in [0, 0.1) is 0 Å². The molecular weight excluding hydrogens is 268 g/mol. The lowest BCUT2D eigenvalue weighted by Crippen LogP contribution is -2.17. The number of benzene rings is 1. The summed E-state index contributed by atoms with van der Waals surface area (Å²) in [6.07, 6.45) is 1.38. The molecule has 3 N–H and O–H groups in total. The van der Waals surface area contributed by atoms with E-state index in [4.69, 9.17) is 21.8 Å². The molecule has 5 nitrogen and oxygen atoms in total. The molecule has 0 atom stereocenters. The summed E-state index contributed by atoms with van der Waals surface area (Å²) in [5.41, 5.74) is 6.55. The Labute approximate surface area is 114 Å². The lowest BCUT2D eigenvalue weighted by molar-refractivity contribution is -0.117. The Morgan fingerprint density at radius 3 is 2.63 bits per heavy atom. The van der Waals surface area contributed by atoms with Crippen LogP contribution >= 0.6 is 11.6 Å². The van der Waals surface area contributed by atoms with Crippen molar-refractivity contribution in [1.29, 1.82) is 0 Å². The second-order valence-electron chi connectivity index (χ2n) is 3.86. The number of para-hydroxylation sites is 1. The Bertz CT molecular complexity index is 622. The number of hydrogen-bond donors (Lipinski definition) is 2. The van der Waals surface area contributed by atoms with Crippen molar-refractivity contribution >= 4 is 29.1 Å². The topological polar surface area (TPSA) is 85.3 Å². The van der Waals surface area contributed by atoms with Crippen LogP contribution in [-0.4, -0.2) is 11.8 Å². The van der Waals surface area contributed by atoms with Crippen LogP contribution in [0.15, 0.2) is 41.0 Å². The molecule has 98 valence electrons. The van der Waals surface area contributed by atoms with E-state index in [1.807, 2.05) is 0 Å². The van der Waals surface area contributed by atoms with E-state index < -0.39 is 11.8 Å². The molecule has 1 aromatic heterocycles. The summed E-state index contributed by atoms with van der Waals surface area (Å²) >= 11 is 5.72. The average Bonchev–Trinajstić information content (AvgIpc) is 2.77. The molecule has 0 saturated carbocycles. The molecule has 6 heteroatoms. The lowest BCUT2D eigenvalue weighted by Gasteiger charge is -2.09. The maximum atomic E-state index is 12.0. The monoisotopic (exact) mass is 278 g/mol. The smallest absolute Gasteiger partial charge is 0.260 e. The fourth-order valence-corrected chi connectivity index (χ4v) is 1.83. The Hall–Kier alpha value is -2.27. The summed E-state index contributed by atoms with van der Waals surface area (Å²) in [4.78, 5) is 22.9. The summed E-state index contributed by atoms with van der Waals surface area (Å²) in [7, 11) is 0. The Morgan fingerprint density at radius 1 is 1.26 bits per heavy atom. The number of nitrogens with one attached hydrogen (secondary N) is 1. The van der Waals surface area contributed by atoms with Gasteiger partial charge in [-0.15, -0.1) is 0 Å². The fraction of sp³-hybridized carbons (Fsp3) is 0.0769. The lowest BCUT2D eigenvalue weighted by atomic mass is 10.1. The molecule has 2 amide bonds. The zero-order chi connectivity index (χ0) is 13.8. The minimum atomic E-state index is -0.469. The largest absolute Gasteiger partial charge is 0.452 e. The van der Waals surface area contributed by atoms with Gasteiger partial charge in [-0.3, -0.25) is 9.59 Å². The van der Waals surface area contributed by atoms with Gasteiger partial charge >= 0.3 is 0 Å². The van der Waals surface area contributed by atoms with Gasteiger partial charge in [-0.05, 0) is 29.3 Å². The predicted octanol–water partition coefficient (Wildman–Crippen LogP) is 2.21. The Kier molecular flexibility index (Phi) is 3.87. The van der Waals surface area contributed by atoms with Crippen LogP contribution in [0.25, 0.3) is 0 Å². The van der Waals surface area contributed by atoms with Gasteiger partial charge in [0.05, 0.1) is 18.2 Å². The first-order valence-corrected chi connectivity index (χ1v) is 5.86. The third kappa shape index (κ3) is 3.14. The molecule has 2 rings (SSSR count). The molecule has 1 heterocycles. The van der Waals surface area contributed by atoms with Crippen molar-refractivity contribution in [2.24, 2.45) is 5.73 Å². The molecule has 2 aromatic rings. The van der Waals surface area contributed by atoms with Crippen molar-refractivity contribution in [3.8, 4) is 0 Å². The number of furan rings is 1. The van der Waals surface area contributed by atoms with Crippen molar-refractivity contribution < 1.29 is 14.0 Å². The molecule has 19 heavy (non-hydrogen) atoms. The highest BCUT2D eigenvalue weighted by molar-refractivity contribution is 6.32. The van der Waals surface area contributed by atoms with Gasteiger partial charge in [0.15, 0.2) is 0 Å². The number of anilines is 1. The molecule has 0 unspecified atom stereocenters. The first kappa shape index (κ1) is 13.2. The highest BCUT2D eigenvalue weighted by atomic mass is 35.5. The van der Waals surface area contributed by atoms with E-state index in [2.05, 4.69) is 5.32 Å². The number of hydrogen-bond acceptors (Lipinski definition) is 3. The number of primary amides is 1. The van der Waals surface area contributed by atoms with Crippen molar-refractivity contribution in [1.82, 2.24) is 0 Å². The molecule has 1 aromatic carbocycles. The quantitative estimate of drug-likeness (QED) is 0.899. The molecular formula is C13H11ClN2O3. The average molecular weight is 279 g/mol. The SMILES string of the molecule is NC(=O)Cc1ccccc1NC(=O)c1ccoc1Cl. The Morgan fingerprint density at radius 2 is 2.00 bits per heavy atom. The van der Waals surface area contributed by atoms with Crippen molar-refractivity contribution in [3.05, 3.63) is 52.9 Å². The highest BCUT2D eigenvalue weighted by Gasteiger charge is 2.14. The third-order valence-electron chi connectivity index (χ3n) is 2.49. The van der Waals surface area contributed by atoms with Gasteiger partial charge in [0, 0.05) is 5.69 Å². The molecule has 0 aliphatic heterocycles. The van der Waals surface area contributed by atoms with E-state index in [-0.39, 0.29) is 17.2 Å². The predicted molar refractivity (Wildman–Crippen MR) is 71.0 cm³/mol. The van der Waals surface area contributed by atoms with Crippen LogP contribution < -0.4 is 11.1 Å². The zero-order valence-electron chi connectivity index (χ0n) is 9.85. The van der Waals surface area contributed by atoms with E-state index in [9.17, 15) is 9.59 Å². The minimum absolute atomic E-state index is 0.0184. The fourth-order valence-electron chi connectivity index (χ4n) is 1.63. The van der Waals surface area contributed by atoms with Crippen LogP contribution in [0.3, 0.4) is 0 Å². The van der Waals surface area contributed by atoms with E-state index in [1.165, 1.54) is 12.3 Å². The first-order valence-electron chi connectivity index (χ1n) is 5.48. The number of carbonyl (C=O) groups is 2. The number of amides is 2. The minimum Gasteiger partial charge on any atom is -0.452 e. The van der Waals surface area contributed by atoms with Crippen LogP contribution in [0.2, 0.25) is 5.22 Å². The van der Waals surface area contributed by atoms with Gasteiger partial charge in [0.2, 0.25) is 11.1 Å². The second kappa shape index (κ2) is 5.58. The zero-order valence-corrected chi connectivity index (χ0v) is 10.6. The highest BCUT2D eigenvalue weighted by Crippen LogP contribution is 2.20. The molecule has 0 fully saturated rings. The van der Waals surface area contributed by atoms with Crippen molar-refractivity contribution in [3.63, 3.8) is 0 Å². The van der Waals surface area contributed by atoms with Gasteiger partial charge in [0.1, 0.15) is 0 Å². The summed E-state index contributed by atoms with van der Waals surface area (Å²) < 4.78 is 4.85. The third-order valence-corrected chi connectivity index (χ3v) is 2.79. The standard InChI is InChI=1S/C13H11ClN2O3/c14-12-9(5-6-19-12)13(18)16-10-4-2-1-3-8(10)7-11(15)17/h1-6H,7H2,(H2,15,17)(H,16,18). The second-order valence-corrected chi connectivity index (χ2v) is 4.21. The Balaban J connectivity index is 2.22. The maximum Gasteiger partial charge on any atom is 0.260 e. The molecule has 0 bridgehead atoms. The number of carbonyl (C=O) groups excluding carboxylic acids is 2. The van der Waals surface area contributed by atoms with Crippen LogP contribution in [0.5, 0.6) is 0 Å². The molecule has 0 radical (unpaired) electrons. The van der Waals surface area contributed by atoms with Crippen LogP contribution in [0.1, 0.15) is 15.9 Å². The van der Waals surface area contributed by atoms with Gasteiger partial charge in [-0.25, -0.2) is 0 Å². The van der Waals surface area contributed by atoms with Gasteiger partial charge in [0.25, 0.3) is 5.91 Å². The molecule has 0 spiro atoms. The van der Waals surface area contributed by atoms with E-state index in [0.717, 1.165) is 0 Å². The summed E-state index contributed by atoms with van der Waals surface area (Å²) in [5.74, 6) is -0.876. The molecule has 0 aliphatic rings. The number of nitrogens with two attached hydrogens (primary N) is 1. The van der Waals surface area contributed by atoms with Gasteiger partial charge in [-0.2, -0.15) is 0 Å². The number of halogens is 1. The van der Waals surface area contributed by atoms with E-state index >= 15 is 0 Å². The first-order chi connectivity index (χ1) is 9.08. The van der Waals surface area contributed by atoms with Crippen LogP contribution in [0.4, 0.5) is 5.69 Å². The van der Waals surface area contributed by atoms with Crippen molar-refractivity contribution in [2.45, 2.75) is 6.42 Å². The van der Waals surface area contributed by atoms with Crippen LogP contribution in [-0.2, 0) is 11.2 Å². The normalized spacial score (nSPS) is 10.2. The van der Waals surface area contributed by atoms with Crippen molar-refractivity contribution in [2.75, 3.05) is 5.32 Å². The molecule has 0 saturated heterocycles. The van der Waals surface area contributed by atoms with E-state index in [0.29, 0.717) is 11.3 Å². The summed E-state index contributed by atoms with van der Waals surface area (Å²) in [6.45, 7) is 0. The maximum absolute atomic E-state index is 12.0. The van der Waals surface area contributed by atoms with Gasteiger partial charge < -0.3 is 15.5 Å². The van der Waals surface area contributed by atoms with E-state index in [1.54, 1.807) is 24.3 Å².